The van der Waals surface area contributed by atoms with E-state index < -0.39 is 55.0 Å². The maximum Gasteiger partial charge on any atom is 0.409 e. The Morgan fingerprint density at radius 2 is 1.60 bits per heavy atom. The molecular formula is C12H17F6NO. The molecule has 2 nitrogen and oxygen atoms in total. The number of hydrogen-bond donors (Lipinski definition) is 0. The lowest BCUT2D eigenvalue weighted by Gasteiger charge is -2.44. The van der Waals surface area contributed by atoms with Crippen LogP contribution in [-0.2, 0) is 4.79 Å². The summed E-state index contributed by atoms with van der Waals surface area (Å²) in [5, 5.41) is 0. The van der Waals surface area contributed by atoms with Gasteiger partial charge in [-0.05, 0) is 11.8 Å². The lowest BCUT2D eigenvalue weighted by atomic mass is 9.83. The van der Waals surface area contributed by atoms with Crippen LogP contribution in [0.25, 0.3) is 0 Å². The van der Waals surface area contributed by atoms with Gasteiger partial charge in [-0.25, -0.2) is 0 Å². The number of halogens is 6. The highest BCUT2D eigenvalue weighted by atomic mass is 19.4. The van der Waals surface area contributed by atoms with Gasteiger partial charge in [0.05, 0.1) is 5.92 Å². The highest BCUT2D eigenvalue weighted by molar-refractivity contribution is 5.78. The minimum Gasteiger partial charge on any atom is -0.330 e. The minimum absolute atomic E-state index is 0.488. The van der Waals surface area contributed by atoms with E-state index in [1.54, 1.807) is 0 Å². The molecule has 8 heteroatoms. The maximum absolute atomic E-state index is 13.1. The molecule has 1 aliphatic rings. The van der Waals surface area contributed by atoms with E-state index in [-0.39, 0.29) is 0 Å². The van der Waals surface area contributed by atoms with Crippen LogP contribution in [0.15, 0.2) is 0 Å². The number of carbonyl (C=O) groups excluding carboxylic acids is 1. The molecule has 118 valence electrons. The molecule has 1 rings (SSSR count). The number of nitrogens with zero attached hydrogens (tertiary/aromatic N) is 1. The zero-order chi connectivity index (χ0) is 15.9. The van der Waals surface area contributed by atoms with Crippen molar-refractivity contribution in [3.05, 3.63) is 0 Å². The van der Waals surface area contributed by atoms with E-state index >= 15 is 0 Å². The number of likely N-dealkylation sites (tertiary alicyclic amines) is 1. The SMILES string of the molecule is CC(C)(C)[C@H](N1CCC(C(F)(F)F)CC1=O)C(F)(F)F. The van der Waals surface area contributed by atoms with Crippen LogP contribution in [-0.4, -0.2) is 35.7 Å². The Morgan fingerprint density at radius 3 is 1.90 bits per heavy atom. The van der Waals surface area contributed by atoms with Gasteiger partial charge in [0.15, 0.2) is 0 Å². The van der Waals surface area contributed by atoms with E-state index in [9.17, 15) is 31.1 Å². The average Bonchev–Trinajstić information content (AvgIpc) is 2.14. The van der Waals surface area contributed by atoms with E-state index in [1.807, 2.05) is 0 Å². The van der Waals surface area contributed by atoms with Crippen molar-refractivity contribution in [2.45, 2.75) is 52.0 Å². The standard InChI is InChI=1S/C12H17F6NO/c1-10(2,3)9(12(16,17)18)19-5-4-7(6-8(19)20)11(13,14)15/h7,9H,4-6H2,1-3H3/t7?,9-/m0/s1. The first-order chi connectivity index (χ1) is 8.74. The molecule has 1 fully saturated rings. The summed E-state index contributed by atoms with van der Waals surface area (Å²) in [6.07, 6.45) is -10.6. The largest absolute Gasteiger partial charge is 0.409 e. The smallest absolute Gasteiger partial charge is 0.330 e. The first-order valence-electron chi connectivity index (χ1n) is 6.17. The van der Waals surface area contributed by atoms with Crippen molar-refractivity contribution >= 4 is 5.91 Å². The Kier molecular flexibility index (Phi) is 4.37. The summed E-state index contributed by atoms with van der Waals surface area (Å²) in [5.74, 6) is -2.93. The van der Waals surface area contributed by atoms with Crippen molar-refractivity contribution in [1.82, 2.24) is 4.90 Å². The lowest BCUT2D eigenvalue weighted by molar-refractivity contribution is -0.224. The molecular weight excluding hydrogens is 288 g/mol. The van der Waals surface area contributed by atoms with E-state index in [2.05, 4.69) is 0 Å². The van der Waals surface area contributed by atoms with E-state index in [0.717, 1.165) is 0 Å². The fourth-order valence-corrected chi connectivity index (χ4v) is 2.54. The van der Waals surface area contributed by atoms with Gasteiger partial charge in [0, 0.05) is 13.0 Å². The second-order valence-electron chi connectivity index (χ2n) is 6.13. The second kappa shape index (κ2) is 5.11. The Morgan fingerprint density at radius 1 is 1.10 bits per heavy atom. The van der Waals surface area contributed by atoms with Crippen LogP contribution >= 0.6 is 0 Å². The zero-order valence-electron chi connectivity index (χ0n) is 11.4. The molecule has 0 saturated carbocycles. The fraction of sp³-hybridized carbons (Fsp3) is 0.917. The molecule has 0 aliphatic carbocycles. The molecule has 0 aromatic heterocycles. The summed E-state index contributed by atoms with van der Waals surface area (Å²) in [7, 11) is 0. The third-order valence-corrected chi connectivity index (χ3v) is 3.36. The highest BCUT2D eigenvalue weighted by Gasteiger charge is 2.54. The fourth-order valence-electron chi connectivity index (χ4n) is 2.54. The van der Waals surface area contributed by atoms with E-state index in [4.69, 9.17) is 0 Å². The third kappa shape index (κ3) is 3.79. The molecule has 0 aromatic rings. The quantitative estimate of drug-likeness (QED) is 0.675. The molecule has 0 radical (unpaired) electrons. The van der Waals surface area contributed by atoms with Crippen molar-refractivity contribution in [2.75, 3.05) is 6.54 Å². The van der Waals surface area contributed by atoms with Crippen LogP contribution in [0.4, 0.5) is 26.3 Å². The maximum atomic E-state index is 13.1. The average molecular weight is 305 g/mol. The number of amides is 1. The van der Waals surface area contributed by atoms with Crippen molar-refractivity contribution in [3.63, 3.8) is 0 Å². The van der Waals surface area contributed by atoms with E-state index in [1.165, 1.54) is 20.8 Å². The van der Waals surface area contributed by atoms with Gasteiger partial charge < -0.3 is 4.90 Å². The molecule has 20 heavy (non-hydrogen) atoms. The second-order valence-corrected chi connectivity index (χ2v) is 6.13. The Balaban J connectivity index is 2.95. The minimum atomic E-state index is -4.67. The zero-order valence-corrected chi connectivity index (χ0v) is 11.4. The monoisotopic (exact) mass is 305 g/mol. The lowest BCUT2D eigenvalue weighted by Crippen LogP contribution is -2.58. The van der Waals surface area contributed by atoms with Crippen molar-refractivity contribution in [3.8, 4) is 0 Å². The van der Waals surface area contributed by atoms with Crippen LogP contribution in [0.1, 0.15) is 33.6 Å². The Hall–Kier alpha value is -0.950. The van der Waals surface area contributed by atoms with Gasteiger partial charge in [-0.2, -0.15) is 26.3 Å². The predicted molar refractivity (Wildman–Crippen MR) is 59.8 cm³/mol. The molecule has 1 saturated heterocycles. The van der Waals surface area contributed by atoms with Crippen LogP contribution in [0.2, 0.25) is 0 Å². The normalized spacial score (nSPS) is 23.9. The van der Waals surface area contributed by atoms with Gasteiger partial charge in [-0.15, -0.1) is 0 Å². The van der Waals surface area contributed by atoms with Gasteiger partial charge in [0.1, 0.15) is 6.04 Å². The molecule has 2 atom stereocenters. The Bertz CT molecular complexity index is 354. The van der Waals surface area contributed by atoms with Gasteiger partial charge >= 0.3 is 12.4 Å². The molecule has 0 bridgehead atoms. The molecule has 0 N–H and O–H groups in total. The number of rotatable bonds is 1. The first-order valence-corrected chi connectivity index (χ1v) is 6.17. The first kappa shape index (κ1) is 17.1. The summed E-state index contributed by atoms with van der Waals surface area (Å²) >= 11 is 0. The topological polar surface area (TPSA) is 20.3 Å². The van der Waals surface area contributed by atoms with Crippen LogP contribution in [0, 0.1) is 11.3 Å². The van der Waals surface area contributed by atoms with E-state index in [0.29, 0.717) is 4.90 Å². The summed E-state index contributed by atoms with van der Waals surface area (Å²) < 4.78 is 76.8. The molecule has 1 heterocycles. The van der Waals surface area contributed by atoms with Crippen LogP contribution in [0.3, 0.4) is 0 Å². The van der Waals surface area contributed by atoms with Crippen LogP contribution in [0.5, 0.6) is 0 Å². The van der Waals surface area contributed by atoms with Gasteiger partial charge in [-0.1, -0.05) is 20.8 Å². The highest BCUT2D eigenvalue weighted by Crippen LogP contribution is 2.41. The number of alkyl halides is 6. The van der Waals surface area contributed by atoms with Gasteiger partial charge in [-0.3, -0.25) is 4.79 Å². The summed E-state index contributed by atoms with van der Waals surface area (Å²) in [6.45, 7) is 3.42. The molecule has 1 unspecified atom stereocenters. The Labute approximate surface area is 113 Å². The molecule has 0 aromatic carbocycles. The predicted octanol–water partition coefficient (Wildman–Crippen LogP) is 3.76. The van der Waals surface area contributed by atoms with Gasteiger partial charge in [0.25, 0.3) is 0 Å². The number of hydrogen-bond acceptors (Lipinski definition) is 1. The van der Waals surface area contributed by atoms with Crippen LogP contribution < -0.4 is 0 Å². The van der Waals surface area contributed by atoms with Gasteiger partial charge in [0.2, 0.25) is 5.91 Å². The third-order valence-electron chi connectivity index (χ3n) is 3.36. The molecule has 1 aliphatic heterocycles. The van der Waals surface area contributed by atoms with Crippen molar-refractivity contribution in [1.29, 1.82) is 0 Å². The number of piperidine rings is 1. The number of carbonyl (C=O) groups is 1. The van der Waals surface area contributed by atoms with Crippen molar-refractivity contribution < 1.29 is 31.1 Å². The molecule has 0 spiro atoms. The summed E-state index contributed by atoms with van der Waals surface area (Å²) in [6, 6.07) is -2.07. The van der Waals surface area contributed by atoms with Crippen molar-refractivity contribution in [2.24, 2.45) is 11.3 Å². The summed E-state index contributed by atoms with van der Waals surface area (Å²) in [4.78, 5) is 12.3. The summed E-state index contributed by atoms with van der Waals surface area (Å²) in [5.41, 5.74) is -1.29. The molecule has 1 amide bonds.